The molecule has 2 N–H and O–H groups in total. The van der Waals surface area contributed by atoms with Crippen LogP contribution < -0.4 is 5.32 Å². The van der Waals surface area contributed by atoms with Crippen molar-refractivity contribution in [3.05, 3.63) is 64.9 Å². The minimum absolute atomic E-state index is 0.288. The van der Waals surface area contributed by atoms with Gasteiger partial charge in [0.05, 0.1) is 12.3 Å². The van der Waals surface area contributed by atoms with Gasteiger partial charge in [-0.3, -0.25) is 5.10 Å². The first-order valence-corrected chi connectivity index (χ1v) is 8.19. The van der Waals surface area contributed by atoms with Crippen LogP contribution in [0.3, 0.4) is 0 Å². The van der Waals surface area contributed by atoms with Crippen LogP contribution in [0.4, 0.5) is 29.1 Å². The van der Waals surface area contributed by atoms with Gasteiger partial charge < -0.3 is 10.1 Å². The fourth-order valence-corrected chi connectivity index (χ4v) is 2.51. The van der Waals surface area contributed by atoms with E-state index in [0.717, 1.165) is 11.8 Å². The van der Waals surface area contributed by atoms with Crippen LogP contribution in [0, 0.1) is 5.82 Å². The Morgan fingerprint density at radius 1 is 1.07 bits per heavy atom. The Labute approximate surface area is 157 Å². The lowest BCUT2D eigenvalue weighted by molar-refractivity contribution is -0.176. The number of nitrogens with zero attached hydrogens (tertiary/aromatic N) is 1. The molecule has 1 aromatic heterocycles. The lowest BCUT2D eigenvalue weighted by Gasteiger charge is -2.08. The Balaban J connectivity index is 1.72. The van der Waals surface area contributed by atoms with E-state index in [1.165, 1.54) is 6.07 Å². The summed E-state index contributed by atoms with van der Waals surface area (Å²) in [7, 11) is 0. The Morgan fingerprint density at radius 3 is 2.52 bits per heavy atom. The summed E-state index contributed by atoms with van der Waals surface area (Å²) in [6.45, 7) is -1.74. The lowest BCUT2D eigenvalue weighted by atomic mass is 10.1. The minimum Gasteiger partial charge on any atom is -0.367 e. The summed E-state index contributed by atoms with van der Waals surface area (Å²) >= 11 is 5.83. The number of H-pyrrole nitrogens is 1. The number of nitrogens with one attached hydrogen (secondary N) is 2. The third-order valence-electron chi connectivity index (χ3n) is 3.50. The fourth-order valence-electron chi connectivity index (χ4n) is 2.39. The maximum Gasteiger partial charge on any atom is 0.411 e. The average Bonchev–Trinajstić information content (AvgIpc) is 3.04. The molecule has 9 heteroatoms. The van der Waals surface area contributed by atoms with Crippen molar-refractivity contribution in [1.29, 1.82) is 0 Å². The molecule has 4 nitrogen and oxygen atoms in total. The zero-order valence-corrected chi connectivity index (χ0v) is 14.5. The van der Waals surface area contributed by atoms with Crippen LogP contribution in [0.1, 0.15) is 5.56 Å². The highest BCUT2D eigenvalue weighted by Crippen LogP contribution is 2.25. The van der Waals surface area contributed by atoms with Crippen LogP contribution >= 0.6 is 11.6 Å². The zero-order valence-electron chi connectivity index (χ0n) is 13.8. The van der Waals surface area contributed by atoms with E-state index in [4.69, 9.17) is 11.6 Å². The van der Waals surface area contributed by atoms with Crippen molar-refractivity contribution in [2.45, 2.75) is 12.8 Å². The maximum atomic E-state index is 13.8. The van der Waals surface area contributed by atoms with E-state index in [-0.39, 0.29) is 12.2 Å². The number of aromatic nitrogens is 2. The van der Waals surface area contributed by atoms with Gasteiger partial charge in [-0.05, 0) is 48.0 Å². The highest BCUT2D eigenvalue weighted by molar-refractivity contribution is 6.30. The molecule has 0 amide bonds. The van der Waals surface area contributed by atoms with Crippen LogP contribution in [-0.4, -0.2) is 23.0 Å². The van der Waals surface area contributed by atoms with Crippen LogP contribution in [0.25, 0.3) is 11.3 Å². The third kappa shape index (κ3) is 5.70. The Bertz CT molecular complexity index is 910. The quantitative estimate of drug-likeness (QED) is 0.523. The van der Waals surface area contributed by atoms with Gasteiger partial charge in [0.2, 0.25) is 0 Å². The van der Waals surface area contributed by atoms with Crippen LogP contribution in [0.2, 0.25) is 5.02 Å². The van der Waals surface area contributed by atoms with Crippen molar-refractivity contribution in [3.8, 4) is 11.3 Å². The van der Waals surface area contributed by atoms with E-state index in [0.29, 0.717) is 22.1 Å². The molecule has 1 heterocycles. The van der Waals surface area contributed by atoms with E-state index < -0.39 is 18.6 Å². The van der Waals surface area contributed by atoms with E-state index in [1.807, 2.05) is 0 Å². The standard InChI is InChI=1S/C18H14ClF4N3O/c19-13-1-3-15(4-2-13)24-17-8-16(25-26-17)12-5-11(6-14(20)7-12)9-27-10-18(21,22)23/h1-8H,9-10H2,(H2,24,25,26). The molecule has 0 saturated carbocycles. The van der Waals surface area contributed by atoms with Gasteiger partial charge in [-0.2, -0.15) is 18.3 Å². The molecule has 0 atom stereocenters. The number of halogens is 5. The molecule has 0 aliphatic heterocycles. The van der Waals surface area contributed by atoms with Crippen LogP contribution in [0.15, 0.2) is 48.5 Å². The van der Waals surface area contributed by atoms with Crippen molar-refractivity contribution in [3.63, 3.8) is 0 Å². The molecule has 0 fully saturated rings. The number of hydrogen-bond donors (Lipinski definition) is 2. The monoisotopic (exact) mass is 399 g/mol. The topological polar surface area (TPSA) is 49.9 Å². The third-order valence-corrected chi connectivity index (χ3v) is 3.75. The second-order valence-corrected chi connectivity index (χ2v) is 6.19. The number of alkyl halides is 3. The van der Waals surface area contributed by atoms with Gasteiger partial charge in [0, 0.05) is 22.3 Å². The van der Waals surface area contributed by atoms with Crippen molar-refractivity contribution >= 4 is 23.1 Å². The molecule has 3 aromatic rings. The van der Waals surface area contributed by atoms with E-state index >= 15 is 0 Å². The van der Waals surface area contributed by atoms with Gasteiger partial charge in [0.25, 0.3) is 0 Å². The van der Waals surface area contributed by atoms with Crippen molar-refractivity contribution in [1.82, 2.24) is 10.2 Å². The molecule has 0 unspecified atom stereocenters. The molecule has 3 rings (SSSR count). The lowest BCUT2D eigenvalue weighted by Crippen LogP contribution is -2.16. The molecule has 0 aliphatic rings. The molecular weight excluding hydrogens is 386 g/mol. The van der Waals surface area contributed by atoms with Gasteiger partial charge in [-0.25, -0.2) is 4.39 Å². The first kappa shape index (κ1) is 19.2. The van der Waals surface area contributed by atoms with Crippen molar-refractivity contribution < 1.29 is 22.3 Å². The second-order valence-electron chi connectivity index (χ2n) is 5.75. The summed E-state index contributed by atoms with van der Waals surface area (Å²) in [5.74, 6) is -0.0913. The first-order chi connectivity index (χ1) is 12.8. The summed E-state index contributed by atoms with van der Waals surface area (Å²) in [6, 6.07) is 12.6. The minimum atomic E-state index is -4.43. The smallest absolute Gasteiger partial charge is 0.367 e. The molecule has 142 valence electrons. The number of ether oxygens (including phenoxy) is 1. The van der Waals surface area contributed by atoms with E-state index in [9.17, 15) is 17.6 Å². The first-order valence-electron chi connectivity index (χ1n) is 7.81. The van der Waals surface area contributed by atoms with Crippen molar-refractivity contribution in [2.24, 2.45) is 0 Å². The fraction of sp³-hybridized carbons (Fsp3) is 0.167. The highest BCUT2D eigenvalue weighted by Gasteiger charge is 2.27. The molecular formula is C18H14ClF4N3O. The number of aromatic amines is 1. The number of benzene rings is 2. The number of rotatable bonds is 6. The van der Waals surface area contributed by atoms with Crippen molar-refractivity contribution in [2.75, 3.05) is 11.9 Å². The summed E-state index contributed by atoms with van der Waals surface area (Å²) < 4.78 is 54.9. The summed E-state index contributed by atoms with van der Waals surface area (Å²) in [5, 5.41) is 10.5. The van der Waals surface area contributed by atoms with E-state index in [1.54, 1.807) is 36.4 Å². The summed E-state index contributed by atoms with van der Waals surface area (Å²) in [4.78, 5) is 0. The molecule has 0 aliphatic carbocycles. The molecule has 0 radical (unpaired) electrons. The van der Waals surface area contributed by atoms with Crippen LogP contribution in [-0.2, 0) is 11.3 Å². The Morgan fingerprint density at radius 2 is 1.81 bits per heavy atom. The molecule has 0 spiro atoms. The summed E-state index contributed by atoms with van der Waals surface area (Å²) in [5.41, 5.74) is 1.99. The predicted octanol–water partition coefficient (Wildman–Crippen LogP) is 5.69. The van der Waals surface area contributed by atoms with Gasteiger partial charge in [0.15, 0.2) is 5.82 Å². The van der Waals surface area contributed by atoms with E-state index in [2.05, 4.69) is 20.3 Å². The zero-order chi connectivity index (χ0) is 19.4. The molecule has 2 aromatic carbocycles. The van der Waals surface area contributed by atoms with Gasteiger partial charge in [-0.15, -0.1) is 0 Å². The van der Waals surface area contributed by atoms with Crippen LogP contribution in [0.5, 0.6) is 0 Å². The largest absolute Gasteiger partial charge is 0.411 e. The Hall–Kier alpha value is -2.58. The molecule has 27 heavy (non-hydrogen) atoms. The molecule has 0 bridgehead atoms. The second kappa shape index (κ2) is 7.98. The van der Waals surface area contributed by atoms with Gasteiger partial charge in [-0.1, -0.05) is 11.6 Å². The number of hydrogen-bond acceptors (Lipinski definition) is 3. The van der Waals surface area contributed by atoms with Gasteiger partial charge >= 0.3 is 6.18 Å². The SMILES string of the molecule is Fc1cc(COCC(F)(F)F)cc(-c2cc(Nc3ccc(Cl)cc3)n[nH]2)c1. The normalized spacial score (nSPS) is 11.6. The predicted molar refractivity (Wildman–Crippen MR) is 94.4 cm³/mol. The molecule has 0 saturated heterocycles. The highest BCUT2D eigenvalue weighted by atomic mass is 35.5. The summed E-state index contributed by atoms with van der Waals surface area (Å²) in [6.07, 6.45) is -4.43. The average molecular weight is 400 g/mol. The maximum absolute atomic E-state index is 13.8. The Kier molecular flexibility index (Phi) is 5.67. The van der Waals surface area contributed by atoms with Gasteiger partial charge in [0.1, 0.15) is 12.4 Å². The number of anilines is 2.